The first kappa shape index (κ1) is 22.3. The molecule has 0 aromatic heterocycles. The van der Waals surface area contributed by atoms with Crippen molar-refractivity contribution >= 4 is 5.78 Å². The highest BCUT2D eigenvalue weighted by molar-refractivity contribution is 5.87. The quantitative estimate of drug-likeness (QED) is 0.216. The summed E-state index contributed by atoms with van der Waals surface area (Å²) in [4.78, 5) is 15.8. The molecule has 3 fully saturated rings. The predicted molar refractivity (Wildman–Crippen MR) is 129 cm³/mol. The average molecular weight is 446 g/mol. The number of allylic oxidation sites excluding steroid dienone is 4. The molecule has 33 heavy (non-hydrogen) atoms. The fraction of sp³-hybridized carbons (Fsp3) is 0.607. The van der Waals surface area contributed by atoms with E-state index in [4.69, 9.17) is 5.53 Å². The topological polar surface area (TPSA) is 86.1 Å². The Morgan fingerprint density at radius 3 is 2.79 bits per heavy atom. The highest BCUT2D eigenvalue weighted by atomic mass is 16.3. The van der Waals surface area contributed by atoms with Crippen LogP contribution in [0, 0.1) is 28.6 Å². The maximum atomic E-state index is 12.8. The van der Waals surface area contributed by atoms with Crippen molar-refractivity contribution in [1.82, 2.24) is 0 Å². The van der Waals surface area contributed by atoms with Crippen molar-refractivity contribution in [2.75, 3.05) is 6.54 Å². The fourth-order valence-corrected chi connectivity index (χ4v) is 8.07. The predicted octanol–water partition coefficient (Wildman–Crippen LogP) is 7.25. The summed E-state index contributed by atoms with van der Waals surface area (Å²) >= 11 is 0. The van der Waals surface area contributed by atoms with E-state index in [1.807, 2.05) is 12.1 Å². The van der Waals surface area contributed by atoms with Crippen molar-refractivity contribution in [3.8, 4) is 0 Å². The third-order valence-corrected chi connectivity index (χ3v) is 9.46. The third-order valence-electron chi connectivity index (χ3n) is 9.46. The van der Waals surface area contributed by atoms with E-state index in [0.717, 1.165) is 57.8 Å². The van der Waals surface area contributed by atoms with Crippen molar-refractivity contribution < 1.29 is 9.90 Å². The second-order valence-corrected chi connectivity index (χ2v) is 11.1. The van der Waals surface area contributed by atoms with Crippen molar-refractivity contribution in [3.05, 3.63) is 69.3 Å². The van der Waals surface area contributed by atoms with Gasteiger partial charge in [0.25, 0.3) is 0 Å². The zero-order chi connectivity index (χ0) is 23.1. The van der Waals surface area contributed by atoms with E-state index >= 15 is 0 Å². The molecule has 5 nitrogen and oxygen atoms in total. The first-order valence-electron chi connectivity index (χ1n) is 12.7. The Balaban J connectivity index is 1.56. The lowest BCUT2D eigenvalue weighted by atomic mass is 9.48. The smallest absolute Gasteiger partial charge is 0.139 e. The molecule has 0 radical (unpaired) electrons. The minimum absolute atomic E-state index is 0.0502. The number of Topliss-reactive ketones (excluding diaryl/α,β-unsaturated/α-hetero) is 1. The van der Waals surface area contributed by atoms with Gasteiger partial charge in [0, 0.05) is 29.7 Å². The number of aliphatic hydroxyl groups is 1. The standard InChI is InChI=1S/C28H35N3O2/c1-27-13-10-23-22(24(27)8-9-25(27)33)11-14-28(12-5-15-30-31-29)18-21(32)17-20(26(23)28)16-19-6-3-2-4-7-19/h2-4,6-7,17,22-24,32H,5,8-16,18H2,1H3. The molecule has 4 aliphatic carbocycles. The molecule has 3 saturated carbocycles. The van der Waals surface area contributed by atoms with Crippen LogP contribution in [0.1, 0.15) is 70.3 Å². The molecule has 0 amide bonds. The molecule has 174 valence electrons. The summed E-state index contributed by atoms with van der Waals surface area (Å²) in [5, 5.41) is 14.7. The summed E-state index contributed by atoms with van der Waals surface area (Å²) in [6.45, 7) is 2.74. The van der Waals surface area contributed by atoms with Crippen LogP contribution in [0.5, 0.6) is 0 Å². The van der Waals surface area contributed by atoms with E-state index in [1.54, 1.807) is 5.57 Å². The van der Waals surface area contributed by atoms with Crippen molar-refractivity contribution in [3.63, 3.8) is 0 Å². The lowest BCUT2D eigenvalue weighted by Crippen LogP contribution is -2.48. The van der Waals surface area contributed by atoms with Crippen LogP contribution in [0.4, 0.5) is 0 Å². The minimum Gasteiger partial charge on any atom is -0.512 e. The van der Waals surface area contributed by atoms with Gasteiger partial charge < -0.3 is 5.11 Å². The van der Waals surface area contributed by atoms with Gasteiger partial charge in [-0.25, -0.2) is 0 Å². The van der Waals surface area contributed by atoms with E-state index in [2.05, 4.69) is 41.2 Å². The Bertz CT molecular complexity index is 1040. The number of aliphatic hydroxyl groups excluding tert-OH is 1. The van der Waals surface area contributed by atoms with Gasteiger partial charge in [0.2, 0.25) is 0 Å². The minimum atomic E-state index is -0.129. The second kappa shape index (κ2) is 8.68. The molecule has 0 bridgehead atoms. The summed E-state index contributed by atoms with van der Waals surface area (Å²) in [6.07, 6.45) is 11.4. The van der Waals surface area contributed by atoms with Crippen LogP contribution < -0.4 is 0 Å². The molecular formula is C28H35N3O2. The first-order valence-corrected chi connectivity index (χ1v) is 12.7. The molecule has 0 heterocycles. The summed E-state index contributed by atoms with van der Waals surface area (Å²) in [7, 11) is 0. The highest BCUT2D eigenvalue weighted by Gasteiger charge is 2.58. The van der Waals surface area contributed by atoms with E-state index in [-0.39, 0.29) is 10.8 Å². The largest absolute Gasteiger partial charge is 0.512 e. The zero-order valence-corrected chi connectivity index (χ0v) is 19.7. The lowest BCUT2D eigenvalue weighted by Gasteiger charge is -2.56. The molecule has 1 aromatic rings. The van der Waals surface area contributed by atoms with Crippen LogP contribution in [-0.2, 0) is 11.2 Å². The number of azide groups is 1. The van der Waals surface area contributed by atoms with E-state index < -0.39 is 0 Å². The Kier molecular flexibility index (Phi) is 5.86. The molecule has 1 N–H and O–H groups in total. The number of benzene rings is 1. The Morgan fingerprint density at radius 1 is 1.18 bits per heavy atom. The van der Waals surface area contributed by atoms with E-state index in [0.29, 0.717) is 42.3 Å². The molecule has 5 rings (SSSR count). The van der Waals surface area contributed by atoms with Gasteiger partial charge in [0.1, 0.15) is 5.78 Å². The Morgan fingerprint density at radius 2 is 2.00 bits per heavy atom. The summed E-state index contributed by atoms with van der Waals surface area (Å²) in [5.41, 5.74) is 12.7. The van der Waals surface area contributed by atoms with Gasteiger partial charge in [0.15, 0.2) is 0 Å². The third kappa shape index (κ3) is 3.81. The maximum absolute atomic E-state index is 12.8. The molecule has 4 aliphatic rings. The number of nitrogens with zero attached hydrogens (tertiary/aromatic N) is 3. The number of fused-ring (bicyclic) bond motifs is 5. The average Bonchev–Trinajstić information content (AvgIpc) is 3.11. The van der Waals surface area contributed by atoms with Crippen LogP contribution in [0.3, 0.4) is 0 Å². The molecule has 1 aromatic carbocycles. The summed E-state index contributed by atoms with van der Waals surface area (Å²) < 4.78 is 0. The van der Waals surface area contributed by atoms with Crippen LogP contribution >= 0.6 is 0 Å². The molecular weight excluding hydrogens is 410 g/mol. The van der Waals surface area contributed by atoms with E-state index in [9.17, 15) is 9.90 Å². The molecule has 0 spiro atoms. The maximum Gasteiger partial charge on any atom is 0.139 e. The zero-order valence-electron chi connectivity index (χ0n) is 19.7. The number of hydrogen-bond donors (Lipinski definition) is 1. The highest BCUT2D eigenvalue weighted by Crippen LogP contribution is 2.65. The van der Waals surface area contributed by atoms with Crippen LogP contribution in [0.2, 0.25) is 0 Å². The van der Waals surface area contributed by atoms with Gasteiger partial charge in [-0.3, -0.25) is 4.79 Å². The summed E-state index contributed by atoms with van der Waals surface area (Å²) in [6, 6.07) is 10.6. The van der Waals surface area contributed by atoms with Gasteiger partial charge in [0.05, 0.1) is 5.76 Å². The van der Waals surface area contributed by atoms with Crippen LogP contribution in [0.25, 0.3) is 10.4 Å². The van der Waals surface area contributed by atoms with Crippen molar-refractivity contribution in [2.24, 2.45) is 33.7 Å². The van der Waals surface area contributed by atoms with Gasteiger partial charge in [-0.2, -0.15) is 0 Å². The van der Waals surface area contributed by atoms with Crippen molar-refractivity contribution in [2.45, 2.75) is 71.1 Å². The van der Waals surface area contributed by atoms with Gasteiger partial charge >= 0.3 is 0 Å². The number of rotatable bonds is 6. The Hall–Kier alpha value is -2.52. The fourth-order valence-electron chi connectivity index (χ4n) is 8.07. The number of carbonyl (C=O) groups excluding carboxylic acids is 1. The van der Waals surface area contributed by atoms with Gasteiger partial charge in [-0.05, 0) is 97.3 Å². The second-order valence-electron chi connectivity index (χ2n) is 11.1. The molecule has 0 aliphatic heterocycles. The molecule has 5 heteroatoms. The number of hydrogen-bond acceptors (Lipinski definition) is 3. The molecule has 0 saturated heterocycles. The first-order chi connectivity index (χ1) is 16.0. The molecule has 5 unspecified atom stereocenters. The summed E-state index contributed by atoms with van der Waals surface area (Å²) in [5.74, 6) is 2.52. The normalized spacial score (nSPS) is 35.2. The van der Waals surface area contributed by atoms with Crippen LogP contribution in [0.15, 0.2) is 58.4 Å². The Labute approximate surface area is 196 Å². The molecule has 5 atom stereocenters. The monoisotopic (exact) mass is 445 g/mol. The van der Waals surface area contributed by atoms with Gasteiger partial charge in [-0.1, -0.05) is 47.9 Å². The lowest BCUT2D eigenvalue weighted by molar-refractivity contribution is -0.130. The van der Waals surface area contributed by atoms with Gasteiger partial charge in [-0.15, -0.1) is 0 Å². The van der Waals surface area contributed by atoms with Crippen LogP contribution in [-0.4, -0.2) is 17.4 Å². The van der Waals surface area contributed by atoms with E-state index in [1.165, 1.54) is 11.1 Å². The number of carbonyl (C=O) groups is 1. The SMILES string of the molecule is CC12CCC3C4=C(Cc5ccccc5)C=C(O)CC4(CCCN=[N+]=[N-])CCC3C1CCC2=O. The number of ketones is 1. The van der Waals surface area contributed by atoms with Crippen molar-refractivity contribution in [1.29, 1.82) is 0 Å².